The number of rotatable bonds is 3. The Morgan fingerprint density at radius 3 is 1.92 bits per heavy atom. The highest BCUT2D eigenvalue weighted by Crippen LogP contribution is 2.43. The third-order valence-electron chi connectivity index (χ3n) is 7.05. The Kier molecular flexibility index (Phi) is 4.90. The van der Waals surface area contributed by atoms with Gasteiger partial charge in [-0.2, -0.15) is 0 Å². The molecule has 36 heavy (non-hydrogen) atoms. The largest absolute Gasteiger partial charge is 0.308 e. The molecule has 0 aliphatic rings. The monoisotopic (exact) mass is 479 g/mol. The van der Waals surface area contributed by atoms with E-state index in [2.05, 4.69) is 126 Å². The normalized spacial score (nSPS) is 11.5. The number of benzene rings is 6. The molecule has 1 aromatic heterocycles. The van der Waals surface area contributed by atoms with E-state index in [-0.39, 0.29) is 0 Å². The molecule has 6 aromatic carbocycles. The summed E-state index contributed by atoms with van der Waals surface area (Å²) in [5, 5.41) is 5.71. The first-order chi connectivity index (χ1) is 17.8. The van der Waals surface area contributed by atoms with E-state index < -0.39 is 0 Å². The number of nitrogens with zero attached hydrogens (tertiary/aromatic N) is 1. The van der Waals surface area contributed by atoms with Crippen LogP contribution >= 0.6 is 11.6 Å². The summed E-state index contributed by atoms with van der Waals surface area (Å²) in [5.41, 5.74) is 7.98. The van der Waals surface area contributed by atoms with E-state index in [1.807, 2.05) is 12.1 Å². The molecular formula is C34H22ClN. The zero-order valence-electron chi connectivity index (χ0n) is 19.5. The van der Waals surface area contributed by atoms with E-state index in [1.54, 1.807) is 0 Å². The molecule has 1 nitrogen and oxygen atoms in total. The summed E-state index contributed by atoms with van der Waals surface area (Å²) in [7, 11) is 0. The van der Waals surface area contributed by atoms with Gasteiger partial charge in [0.1, 0.15) is 0 Å². The van der Waals surface area contributed by atoms with Crippen LogP contribution in [0.1, 0.15) is 0 Å². The van der Waals surface area contributed by atoms with E-state index >= 15 is 0 Å². The molecule has 1 heterocycles. The molecule has 0 atom stereocenters. The Morgan fingerprint density at radius 1 is 0.444 bits per heavy atom. The van der Waals surface area contributed by atoms with Gasteiger partial charge in [0.2, 0.25) is 0 Å². The van der Waals surface area contributed by atoms with Crippen LogP contribution < -0.4 is 0 Å². The molecule has 0 unspecified atom stereocenters. The predicted octanol–water partition coefficient (Wildman–Crippen LogP) is 9.92. The Balaban J connectivity index is 1.69. The fraction of sp³-hybridized carbons (Fsp3) is 0. The first-order valence-corrected chi connectivity index (χ1v) is 12.5. The standard InChI is InChI=1S/C34H22ClN/c35-31-19-8-6-15-27(31)29-18-10-17-26(23-11-2-1-3-12-23)34(29)36-32-20-9-7-16-28(32)30-21-24-13-4-5-14-25(24)22-33(30)36/h1-22H. The van der Waals surface area contributed by atoms with Gasteiger partial charge >= 0.3 is 0 Å². The van der Waals surface area contributed by atoms with E-state index in [9.17, 15) is 0 Å². The highest BCUT2D eigenvalue weighted by Gasteiger charge is 2.20. The predicted molar refractivity (Wildman–Crippen MR) is 154 cm³/mol. The molecule has 170 valence electrons. The number of fused-ring (bicyclic) bond motifs is 4. The lowest BCUT2D eigenvalue weighted by Gasteiger charge is -2.19. The summed E-state index contributed by atoms with van der Waals surface area (Å²) in [6.07, 6.45) is 0. The van der Waals surface area contributed by atoms with Crippen LogP contribution in [0, 0.1) is 0 Å². The minimum Gasteiger partial charge on any atom is -0.308 e. The van der Waals surface area contributed by atoms with E-state index in [0.717, 1.165) is 21.8 Å². The fourth-order valence-electron chi connectivity index (χ4n) is 5.43. The van der Waals surface area contributed by atoms with Crippen molar-refractivity contribution in [2.45, 2.75) is 0 Å². The Morgan fingerprint density at radius 2 is 1.08 bits per heavy atom. The van der Waals surface area contributed by atoms with Crippen molar-refractivity contribution < 1.29 is 0 Å². The van der Waals surface area contributed by atoms with Crippen molar-refractivity contribution in [3.63, 3.8) is 0 Å². The maximum Gasteiger partial charge on any atom is 0.0619 e. The molecule has 0 saturated heterocycles. The molecule has 0 bridgehead atoms. The molecule has 7 rings (SSSR count). The summed E-state index contributed by atoms with van der Waals surface area (Å²) in [6, 6.07) is 47.2. The second kappa shape index (κ2) is 8.41. The third kappa shape index (κ3) is 3.25. The molecule has 0 radical (unpaired) electrons. The number of para-hydroxylation sites is 2. The molecule has 0 saturated carbocycles. The van der Waals surface area contributed by atoms with Crippen LogP contribution in [-0.4, -0.2) is 4.57 Å². The third-order valence-corrected chi connectivity index (χ3v) is 7.38. The summed E-state index contributed by atoms with van der Waals surface area (Å²) >= 11 is 6.80. The van der Waals surface area contributed by atoms with Crippen molar-refractivity contribution in [1.29, 1.82) is 0 Å². The molecule has 0 aliphatic heterocycles. The number of hydrogen-bond donors (Lipinski definition) is 0. The maximum atomic E-state index is 6.80. The van der Waals surface area contributed by atoms with Gasteiger partial charge in [-0.05, 0) is 40.6 Å². The van der Waals surface area contributed by atoms with Crippen LogP contribution in [0.5, 0.6) is 0 Å². The summed E-state index contributed by atoms with van der Waals surface area (Å²) in [6.45, 7) is 0. The van der Waals surface area contributed by atoms with Crippen molar-refractivity contribution in [1.82, 2.24) is 4.57 Å². The van der Waals surface area contributed by atoms with Crippen LogP contribution in [0.4, 0.5) is 0 Å². The van der Waals surface area contributed by atoms with Gasteiger partial charge in [-0.1, -0.05) is 121 Å². The van der Waals surface area contributed by atoms with Gasteiger partial charge in [-0.3, -0.25) is 0 Å². The number of hydrogen-bond acceptors (Lipinski definition) is 0. The molecule has 2 heteroatoms. The SMILES string of the molecule is Clc1ccccc1-c1cccc(-c2ccccc2)c1-n1c2ccccc2c2cc3ccccc3cc21. The van der Waals surface area contributed by atoms with Crippen LogP contribution in [0.25, 0.3) is 60.5 Å². The van der Waals surface area contributed by atoms with Gasteiger partial charge in [-0.15, -0.1) is 0 Å². The van der Waals surface area contributed by atoms with Gasteiger partial charge in [0, 0.05) is 32.5 Å². The topological polar surface area (TPSA) is 4.93 Å². The van der Waals surface area contributed by atoms with Gasteiger partial charge in [0.25, 0.3) is 0 Å². The van der Waals surface area contributed by atoms with E-state index in [4.69, 9.17) is 11.6 Å². The minimum absolute atomic E-state index is 0.746. The molecular weight excluding hydrogens is 458 g/mol. The van der Waals surface area contributed by atoms with Crippen molar-refractivity contribution in [3.05, 3.63) is 138 Å². The Hall–Kier alpha value is -4.33. The molecule has 7 aromatic rings. The molecule has 0 spiro atoms. The summed E-state index contributed by atoms with van der Waals surface area (Å²) < 4.78 is 2.43. The fourth-order valence-corrected chi connectivity index (χ4v) is 5.67. The van der Waals surface area contributed by atoms with Gasteiger partial charge in [0.05, 0.1) is 16.7 Å². The lowest BCUT2D eigenvalue weighted by Crippen LogP contribution is -2.01. The van der Waals surface area contributed by atoms with E-state index in [0.29, 0.717) is 0 Å². The zero-order valence-corrected chi connectivity index (χ0v) is 20.3. The van der Waals surface area contributed by atoms with E-state index in [1.165, 1.54) is 43.7 Å². The summed E-state index contributed by atoms with van der Waals surface area (Å²) in [5.74, 6) is 0. The zero-order chi connectivity index (χ0) is 24.1. The Bertz CT molecular complexity index is 1900. The van der Waals surface area contributed by atoms with Crippen LogP contribution in [0.15, 0.2) is 133 Å². The first-order valence-electron chi connectivity index (χ1n) is 12.2. The molecule has 0 fully saturated rings. The molecule has 0 amide bonds. The lowest BCUT2D eigenvalue weighted by atomic mass is 9.95. The highest BCUT2D eigenvalue weighted by atomic mass is 35.5. The summed E-state index contributed by atoms with van der Waals surface area (Å²) in [4.78, 5) is 0. The smallest absolute Gasteiger partial charge is 0.0619 e. The quantitative estimate of drug-likeness (QED) is 0.237. The lowest BCUT2D eigenvalue weighted by molar-refractivity contribution is 1.18. The second-order valence-corrected chi connectivity index (χ2v) is 9.52. The van der Waals surface area contributed by atoms with Gasteiger partial charge in [0.15, 0.2) is 0 Å². The Labute approximate surface area is 214 Å². The molecule has 0 N–H and O–H groups in total. The average Bonchev–Trinajstić information content (AvgIpc) is 3.25. The van der Waals surface area contributed by atoms with Crippen LogP contribution in [0.2, 0.25) is 5.02 Å². The second-order valence-electron chi connectivity index (χ2n) is 9.12. The minimum atomic E-state index is 0.746. The molecule has 0 aliphatic carbocycles. The average molecular weight is 480 g/mol. The first kappa shape index (κ1) is 21.0. The van der Waals surface area contributed by atoms with Crippen molar-refractivity contribution in [2.24, 2.45) is 0 Å². The van der Waals surface area contributed by atoms with Crippen molar-refractivity contribution in [2.75, 3.05) is 0 Å². The number of halogens is 1. The van der Waals surface area contributed by atoms with Crippen LogP contribution in [0.3, 0.4) is 0 Å². The van der Waals surface area contributed by atoms with Crippen molar-refractivity contribution >= 4 is 44.2 Å². The number of aromatic nitrogens is 1. The van der Waals surface area contributed by atoms with Gasteiger partial charge < -0.3 is 4.57 Å². The van der Waals surface area contributed by atoms with Crippen molar-refractivity contribution in [3.8, 4) is 27.9 Å². The maximum absolute atomic E-state index is 6.80. The van der Waals surface area contributed by atoms with Crippen LogP contribution in [-0.2, 0) is 0 Å². The highest BCUT2D eigenvalue weighted by molar-refractivity contribution is 6.33. The van der Waals surface area contributed by atoms with Gasteiger partial charge in [-0.25, -0.2) is 0 Å².